The van der Waals surface area contributed by atoms with Crippen LogP contribution in [0, 0.1) is 0 Å². The summed E-state index contributed by atoms with van der Waals surface area (Å²) in [5, 5.41) is 11.2. The van der Waals surface area contributed by atoms with Crippen LogP contribution in [0.25, 0.3) is 0 Å². The molecule has 0 radical (unpaired) electrons. The van der Waals surface area contributed by atoms with Gasteiger partial charge in [0.25, 0.3) is 5.92 Å². The van der Waals surface area contributed by atoms with Gasteiger partial charge in [-0.05, 0) is 6.26 Å². The van der Waals surface area contributed by atoms with E-state index in [9.17, 15) is 8.78 Å². The maximum atomic E-state index is 12.8. The molecule has 0 unspecified atom stereocenters. The number of nitrogen functional groups attached to an aromatic ring is 1. The number of halogens is 2. The van der Waals surface area contributed by atoms with Crippen LogP contribution in [0.1, 0.15) is 0 Å². The highest BCUT2D eigenvalue weighted by Crippen LogP contribution is 2.18. The molecule has 1 aromatic heterocycles. The van der Waals surface area contributed by atoms with E-state index in [4.69, 9.17) is 10.9 Å². The number of hydrogen-bond acceptors (Lipinski definition) is 7. The first-order chi connectivity index (χ1) is 8.00. The molecule has 0 fully saturated rings. The molecule has 1 rings (SSSR count). The maximum absolute atomic E-state index is 12.8. The molecule has 96 valence electrons. The molecule has 0 aromatic carbocycles. The molecular formula is C8H13F2N5OS. The van der Waals surface area contributed by atoms with Crippen molar-refractivity contribution >= 4 is 23.4 Å². The second-order valence-electron chi connectivity index (χ2n) is 3.14. The van der Waals surface area contributed by atoms with Crippen LogP contribution in [0.3, 0.4) is 0 Å². The Labute approximate surface area is 101 Å². The van der Waals surface area contributed by atoms with E-state index in [0.717, 1.165) is 0 Å². The Balaban J connectivity index is 2.76. The Morgan fingerprint density at radius 1 is 1.47 bits per heavy atom. The average Bonchev–Trinajstić information content (AvgIpc) is 2.36. The van der Waals surface area contributed by atoms with Gasteiger partial charge in [-0.3, -0.25) is 0 Å². The highest BCUT2D eigenvalue weighted by Gasteiger charge is 2.27. The van der Waals surface area contributed by atoms with Gasteiger partial charge in [0.1, 0.15) is 18.2 Å². The second kappa shape index (κ2) is 5.94. The van der Waals surface area contributed by atoms with Gasteiger partial charge in [0.15, 0.2) is 5.16 Å². The monoisotopic (exact) mass is 265 g/mol. The van der Waals surface area contributed by atoms with Crippen molar-refractivity contribution < 1.29 is 13.9 Å². The van der Waals surface area contributed by atoms with Crippen LogP contribution in [0.15, 0.2) is 11.2 Å². The molecule has 17 heavy (non-hydrogen) atoms. The van der Waals surface area contributed by atoms with Crippen molar-refractivity contribution in [3.63, 3.8) is 0 Å². The lowest BCUT2D eigenvalue weighted by atomic mass is 10.3. The second-order valence-corrected chi connectivity index (χ2v) is 3.91. The smallest absolute Gasteiger partial charge is 0.287 e. The fourth-order valence-electron chi connectivity index (χ4n) is 0.957. The van der Waals surface area contributed by atoms with Gasteiger partial charge in [0.2, 0.25) is 0 Å². The van der Waals surface area contributed by atoms with E-state index in [1.807, 2.05) is 0 Å². The van der Waals surface area contributed by atoms with Gasteiger partial charge in [-0.2, -0.15) is 0 Å². The predicted molar refractivity (Wildman–Crippen MR) is 62.1 cm³/mol. The molecule has 0 atom stereocenters. The summed E-state index contributed by atoms with van der Waals surface area (Å²) in [6.45, 7) is -1.93. The normalized spacial score (nSPS) is 11.4. The third-order valence-corrected chi connectivity index (χ3v) is 2.34. The van der Waals surface area contributed by atoms with E-state index in [-0.39, 0.29) is 5.82 Å². The van der Waals surface area contributed by atoms with Gasteiger partial charge in [-0.15, -0.1) is 0 Å². The highest BCUT2D eigenvalue weighted by atomic mass is 32.2. The zero-order valence-corrected chi connectivity index (χ0v) is 9.89. The van der Waals surface area contributed by atoms with Crippen molar-refractivity contribution in [2.75, 3.05) is 30.1 Å². The Morgan fingerprint density at radius 2 is 2.12 bits per heavy atom. The molecule has 1 aromatic rings. The molecule has 0 spiro atoms. The highest BCUT2D eigenvalue weighted by molar-refractivity contribution is 7.98. The zero-order valence-electron chi connectivity index (χ0n) is 9.07. The molecule has 1 heterocycles. The fourth-order valence-corrected chi connectivity index (χ4v) is 1.34. The van der Waals surface area contributed by atoms with E-state index in [2.05, 4.69) is 20.7 Å². The van der Waals surface area contributed by atoms with E-state index < -0.39 is 19.1 Å². The summed E-state index contributed by atoms with van der Waals surface area (Å²) in [6.07, 6.45) is 1.75. The van der Waals surface area contributed by atoms with Crippen molar-refractivity contribution in [2.45, 2.75) is 11.1 Å². The van der Waals surface area contributed by atoms with E-state index in [1.54, 1.807) is 6.26 Å². The topological polar surface area (TPSA) is 96.1 Å². The van der Waals surface area contributed by atoms with Crippen LogP contribution in [0.5, 0.6) is 0 Å². The van der Waals surface area contributed by atoms with Crippen molar-refractivity contribution in [3.05, 3.63) is 6.07 Å². The van der Waals surface area contributed by atoms with Crippen molar-refractivity contribution in [1.29, 1.82) is 0 Å². The van der Waals surface area contributed by atoms with Gasteiger partial charge < -0.3 is 15.8 Å². The van der Waals surface area contributed by atoms with Gasteiger partial charge >= 0.3 is 0 Å². The third kappa shape index (κ3) is 4.29. The van der Waals surface area contributed by atoms with Crippen LogP contribution >= 0.6 is 11.8 Å². The van der Waals surface area contributed by atoms with Crippen LogP contribution in [-0.4, -0.2) is 40.4 Å². The number of aromatic nitrogens is 2. The van der Waals surface area contributed by atoms with Crippen molar-refractivity contribution in [2.24, 2.45) is 5.84 Å². The van der Waals surface area contributed by atoms with E-state index in [0.29, 0.717) is 11.0 Å². The minimum atomic E-state index is -3.19. The lowest BCUT2D eigenvalue weighted by Crippen LogP contribution is -2.31. The Kier molecular flexibility index (Phi) is 4.85. The molecule has 9 heteroatoms. The van der Waals surface area contributed by atoms with Gasteiger partial charge in [-0.25, -0.2) is 24.6 Å². The number of alkyl halides is 2. The van der Waals surface area contributed by atoms with Crippen molar-refractivity contribution in [1.82, 2.24) is 9.97 Å². The standard InChI is InChI=1S/C8H13F2N5OS/c1-17-7-13-5(2-6(14-7)15-11)12-3-8(9,10)4-16/h2,16H,3-4,11H2,1H3,(H2,12,13,14,15). The fraction of sp³-hybridized carbons (Fsp3) is 0.500. The molecule has 0 saturated carbocycles. The summed E-state index contributed by atoms with van der Waals surface area (Å²) in [6, 6.07) is 1.40. The predicted octanol–water partition coefficient (Wildman–Crippen LogP) is 0.524. The van der Waals surface area contributed by atoms with Crippen LogP contribution in [0.4, 0.5) is 20.4 Å². The number of nitrogens with zero attached hydrogens (tertiary/aromatic N) is 2. The number of aliphatic hydroxyl groups excluding tert-OH is 1. The number of aliphatic hydroxyl groups is 1. The van der Waals surface area contributed by atoms with Crippen LogP contribution < -0.4 is 16.6 Å². The average molecular weight is 265 g/mol. The van der Waals surface area contributed by atoms with Gasteiger partial charge in [0.05, 0.1) is 6.54 Å². The Hall–Kier alpha value is -1.19. The number of rotatable bonds is 6. The first-order valence-corrected chi connectivity index (χ1v) is 5.85. The van der Waals surface area contributed by atoms with E-state index in [1.165, 1.54) is 17.8 Å². The van der Waals surface area contributed by atoms with E-state index >= 15 is 0 Å². The zero-order chi connectivity index (χ0) is 12.9. The SMILES string of the molecule is CSc1nc(NN)cc(NCC(F)(F)CO)n1. The molecule has 0 bridgehead atoms. The minimum Gasteiger partial charge on any atom is -0.390 e. The Morgan fingerprint density at radius 3 is 2.65 bits per heavy atom. The minimum absolute atomic E-state index is 0.213. The molecule has 0 aliphatic rings. The molecule has 0 saturated heterocycles. The summed E-state index contributed by atoms with van der Waals surface area (Å²) in [5.41, 5.74) is 2.31. The molecular weight excluding hydrogens is 252 g/mol. The number of anilines is 2. The lowest BCUT2D eigenvalue weighted by Gasteiger charge is -2.15. The number of nitrogens with one attached hydrogen (secondary N) is 2. The molecule has 0 aliphatic carbocycles. The molecule has 0 amide bonds. The summed E-state index contributed by atoms with van der Waals surface area (Å²) in [5.74, 6) is 2.52. The van der Waals surface area contributed by atoms with Crippen molar-refractivity contribution in [3.8, 4) is 0 Å². The lowest BCUT2D eigenvalue weighted by molar-refractivity contribution is -0.0373. The Bertz CT molecular complexity index is 357. The molecule has 0 aliphatic heterocycles. The summed E-state index contributed by atoms with van der Waals surface area (Å²) in [7, 11) is 0. The maximum Gasteiger partial charge on any atom is 0.287 e. The van der Waals surface area contributed by atoms with Gasteiger partial charge in [-0.1, -0.05) is 11.8 Å². The largest absolute Gasteiger partial charge is 0.390 e. The van der Waals surface area contributed by atoms with Crippen LogP contribution in [0.2, 0.25) is 0 Å². The van der Waals surface area contributed by atoms with Crippen LogP contribution in [-0.2, 0) is 0 Å². The number of nitrogens with two attached hydrogens (primary N) is 1. The third-order valence-electron chi connectivity index (χ3n) is 1.80. The summed E-state index contributed by atoms with van der Waals surface area (Å²) < 4.78 is 25.6. The number of hydrogen-bond donors (Lipinski definition) is 4. The first-order valence-electron chi connectivity index (χ1n) is 4.63. The number of hydrazine groups is 1. The summed E-state index contributed by atoms with van der Waals surface area (Å²) in [4.78, 5) is 7.94. The molecule has 6 nitrogen and oxygen atoms in total. The summed E-state index contributed by atoms with van der Waals surface area (Å²) >= 11 is 1.26. The first kappa shape index (κ1) is 13.9. The number of thioether (sulfide) groups is 1. The quantitative estimate of drug-likeness (QED) is 0.258. The van der Waals surface area contributed by atoms with Gasteiger partial charge in [0, 0.05) is 6.07 Å². The molecule has 5 N–H and O–H groups in total.